The van der Waals surface area contributed by atoms with Gasteiger partial charge in [0.25, 0.3) is 0 Å². The fourth-order valence-corrected chi connectivity index (χ4v) is 2.72. The summed E-state index contributed by atoms with van der Waals surface area (Å²) in [5, 5.41) is 3.74. The highest BCUT2D eigenvalue weighted by Gasteiger charge is 2.13. The molecule has 2 aromatic carbocycles. The Morgan fingerprint density at radius 3 is 2.58 bits per heavy atom. The summed E-state index contributed by atoms with van der Waals surface area (Å²) in [5.74, 6) is -0.469. The second-order valence-corrected chi connectivity index (χ2v) is 5.89. The molecule has 0 saturated carbocycles. The molecule has 0 amide bonds. The fourth-order valence-electron chi connectivity index (χ4n) is 1.78. The van der Waals surface area contributed by atoms with Crippen LogP contribution < -0.4 is 5.32 Å². The third-order valence-corrected chi connectivity index (χ3v) is 3.82. The van der Waals surface area contributed by atoms with Crippen molar-refractivity contribution in [2.75, 3.05) is 5.32 Å². The Labute approximate surface area is 129 Å². The Morgan fingerprint density at radius 2 is 1.89 bits per heavy atom. The third kappa shape index (κ3) is 3.62. The predicted molar refractivity (Wildman–Crippen MR) is 82.6 cm³/mol. The van der Waals surface area contributed by atoms with Crippen LogP contribution in [0.15, 0.2) is 40.9 Å². The maximum absolute atomic E-state index is 13.5. The molecule has 1 N–H and O–H groups in total. The van der Waals surface area contributed by atoms with Crippen LogP contribution in [0.2, 0.25) is 10.0 Å². The number of hydrogen-bond donors (Lipinski definition) is 1. The fraction of sp³-hybridized carbons (Fsp3) is 0.143. The molecule has 0 aliphatic carbocycles. The second-order valence-electron chi connectivity index (χ2n) is 4.16. The van der Waals surface area contributed by atoms with Crippen LogP contribution in [0, 0.1) is 5.82 Å². The van der Waals surface area contributed by atoms with E-state index in [1.807, 2.05) is 31.2 Å². The van der Waals surface area contributed by atoms with Crippen LogP contribution in [-0.2, 0) is 0 Å². The Bertz CT molecular complexity index is 604. The minimum absolute atomic E-state index is 0.0309. The average Bonchev–Trinajstić information content (AvgIpc) is 2.33. The minimum atomic E-state index is -0.469. The standard InChI is InChI=1S/C14H11BrCl2FN/c1-8(19-10-4-2-3-9(15)5-10)11-6-14(18)13(17)7-12(11)16/h2-8,19H,1H3. The minimum Gasteiger partial charge on any atom is -0.378 e. The van der Waals surface area contributed by atoms with Crippen LogP contribution in [0.3, 0.4) is 0 Å². The molecule has 2 aromatic rings. The number of rotatable bonds is 3. The Hall–Kier alpha value is -0.770. The third-order valence-electron chi connectivity index (χ3n) is 2.71. The SMILES string of the molecule is CC(Nc1cccc(Br)c1)c1cc(F)c(Cl)cc1Cl. The van der Waals surface area contributed by atoms with Crippen molar-refractivity contribution < 1.29 is 4.39 Å². The maximum Gasteiger partial charge on any atom is 0.142 e. The molecule has 2 rings (SSSR count). The lowest BCUT2D eigenvalue weighted by molar-refractivity contribution is 0.624. The zero-order valence-electron chi connectivity index (χ0n) is 10.1. The molecule has 1 nitrogen and oxygen atoms in total. The predicted octanol–water partition coefficient (Wildman–Crippen LogP) is 6.07. The molecule has 0 aliphatic heterocycles. The molecule has 0 bridgehead atoms. The van der Waals surface area contributed by atoms with Gasteiger partial charge in [-0.25, -0.2) is 4.39 Å². The molecule has 100 valence electrons. The van der Waals surface area contributed by atoms with Crippen molar-refractivity contribution in [3.05, 3.63) is 62.3 Å². The smallest absolute Gasteiger partial charge is 0.142 e. The number of benzene rings is 2. The number of halogens is 4. The molecule has 0 heterocycles. The van der Waals surface area contributed by atoms with Gasteiger partial charge in [-0.2, -0.15) is 0 Å². The van der Waals surface area contributed by atoms with Gasteiger partial charge in [-0.3, -0.25) is 0 Å². The van der Waals surface area contributed by atoms with E-state index in [2.05, 4.69) is 21.2 Å². The number of nitrogens with one attached hydrogen (secondary N) is 1. The highest BCUT2D eigenvalue weighted by molar-refractivity contribution is 9.10. The van der Waals surface area contributed by atoms with Crippen LogP contribution >= 0.6 is 39.1 Å². The summed E-state index contributed by atoms with van der Waals surface area (Å²) in [6.07, 6.45) is 0. The second kappa shape index (κ2) is 6.12. The van der Waals surface area contributed by atoms with E-state index in [-0.39, 0.29) is 11.1 Å². The molecule has 0 aliphatic rings. The van der Waals surface area contributed by atoms with Crippen LogP contribution in [0.25, 0.3) is 0 Å². The van der Waals surface area contributed by atoms with Crippen molar-refractivity contribution in [1.29, 1.82) is 0 Å². The zero-order valence-corrected chi connectivity index (χ0v) is 13.2. The lowest BCUT2D eigenvalue weighted by Gasteiger charge is -2.17. The largest absolute Gasteiger partial charge is 0.378 e. The van der Waals surface area contributed by atoms with Crippen molar-refractivity contribution in [2.24, 2.45) is 0 Å². The molecule has 0 spiro atoms. The summed E-state index contributed by atoms with van der Waals surface area (Å²) >= 11 is 15.2. The lowest BCUT2D eigenvalue weighted by Crippen LogP contribution is -2.07. The van der Waals surface area contributed by atoms with Gasteiger partial charge in [-0.05, 0) is 42.8 Å². The van der Waals surface area contributed by atoms with Gasteiger partial charge in [0.1, 0.15) is 5.82 Å². The van der Waals surface area contributed by atoms with Gasteiger partial charge in [-0.1, -0.05) is 45.2 Å². The Balaban J connectivity index is 2.25. The van der Waals surface area contributed by atoms with Crippen LogP contribution in [0.4, 0.5) is 10.1 Å². The van der Waals surface area contributed by atoms with Gasteiger partial charge in [0.05, 0.1) is 11.1 Å². The summed E-state index contributed by atoms with van der Waals surface area (Å²) < 4.78 is 14.5. The van der Waals surface area contributed by atoms with E-state index in [4.69, 9.17) is 23.2 Å². The van der Waals surface area contributed by atoms with Gasteiger partial charge < -0.3 is 5.32 Å². The first-order valence-electron chi connectivity index (χ1n) is 5.64. The summed E-state index contributed by atoms with van der Waals surface area (Å²) in [6, 6.07) is 10.4. The average molecular weight is 363 g/mol. The summed E-state index contributed by atoms with van der Waals surface area (Å²) in [6.45, 7) is 1.91. The van der Waals surface area contributed by atoms with Crippen LogP contribution in [0.1, 0.15) is 18.5 Å². The first-order valence-corrected chi connectivity index (χ1v) is 7.19. The first kappa shape index (κ1) is 14.6. The monoisotopic (exact) mass is 361 g/mol. The molecular weight excluding hydrogens is 352 g/mol. The lowest BCUT2D eigenvalue weighted by atomic mass is 10.1. The topological polar surface area (TPSA) is 12.0 Å². The van der Waals surface area contributed by atoms with E-state index in [0.29, 0.717) is 10.6 Å². The van der Waals surface area contributed by atoms with Crippen molar-refractivity contribution >= 4 is 44.8 Å². The van der Waals surface area contributed by atoms with Crippen molar-refractivity contribution in [1.82, 2.24) is 0 Å². The van der Waals surface area contributed by atoms with Crippen molar-refractivity contribution in [2.45, 2.75) is 13.0 Å². The van der Waals surface area contributed by atoms with Crippen LogP contribution in [-0.4, -0.2) is 0 Å². The molecule has 5 heteroatoms. The number of hydrogen-bond acceptors (Lipinski definition) is 1. The van der Waals surface area contributed by atoms with Gasteiger partial charge in [0.15, 0.2) is 0 Å². The highest BCUT2D eigenvalue weighted by atomic mass is 79.9. The quantitative estimate of drug-likeness (QED) is 0.653. The van der Waals surface area contributed by atoms with Gasteiger partial charge >= 0.3 is 0 Å². The van der Waals surface area contributed by atoms with Crippen molar-refractivity contribution in [3.8, 4) is 0 Å². The molecule has 0 fully saturated rings. The molecule has 19 heavy (non-hydrogen) atoms. The molecule has 1 unspecified atom stereocenters. The van der Waals surface area contributed by atoms with E-state index >= 15 is 0 Å². The zero-order chi connectivity index (χ0) is 14.0. The molecular formula is C14H11BrCl2FN. The summed E-state index contributed by atoms with van der Waals surface area (Å²) in [5.41, 5.74) is 1.59. The summed E-state index contributed by atoms with van der Waals surface area (Å²) in [4.78, 5) is 0. The van der Waals surface area contributed by atoms with E-state index in [1.165, 1.54) is 12.1 Å². The van der Waals surface area contributed by atoms with E-state index in [0.717, 1.165) is 10.2 Å². The van der Waals surface area contributed by atoms with Crippen molar-refractivity contribution in [3.63, 3.8) is 0 Å². The van der Waals surface area contributed by atoms with Gasteiger partial charge in [-0.15, -0.1) is 0 Å². The molecule has 0 aromatic heterocycles. The van der Waals surface area contributed by atoms with E-state index in [9.17, 15) is 4.39 Å². The van der Waals surface area contributed by atoms with Gasteiger partial charge in [0.2, 0.25) is 0 Å². The van der Waals surface area contributed by atoms with E-state index < -0.39 is 5.82 Å². The van der Waals surface area contributed by atoms with Crippen LogP contribution in [0.5, 0.6) is 0 Å². The number of anilines is 1. The molecule has 1 atom stereocenters. The van der Waals surface area contributed by atoms with E-state index in [1.54, 1.807) is 0 Å². The summed E-state index contributed by atoms with van der Waals surface area (Å²) in [7, 11) is 0. The maximum atomic E-state index is 13.5. The first-order chi connectivity index (χ1) is 8.97. The normalized spacial score (nSPS) is 12.3. The highest BCUT2D eigenvalue weighted by Crippen LogP contribution is 2.30. The van der Waals surface area contributed by atoms with Gasteiger partial charge in [0, 0.05) is 15.2 Å². The molecule has 0 radical (unpaired) electrons. The Kier molecular flexibility index (Phi) is 4.71. The molecule has 0 saturated heterocycles. The Morgan fingerprint density at radius 1 is 1.16 bits per heavy atom.